The number of rotatable bonds is 8. The van der Waals surface area contributed by atoms with Gasteiger partial charge in [0.25, 0.3) is 11.8 Å². The predicted octanol–water partition coefficient (Wildman–Crippen LogP) is 3.65. The molecule has 2 amide bonds. The first kappa shape index (κ1) is 20.7. The van der Waals surface area contributed by atoms with Gasteiger partial charge in [0.15, 0.2) is 11.5 Å². The molecule has 1 aliphatic rings. The van der Waals surface area contributed by atoms with E-state index in [1.807, 2.05) is 43.0 Å². The second-order valence-corrected chi connectivity index (χ2v) is 6.91. The highest BCUT2D eigenvalue weighted by molar-refractivity contribution is 5.95. The Bertz CT molecular complexity index is 860. The summed E-state index contributed by atoms with van der Waals surface area (Å²) < 4.78 is 11.1. The predicted molar refractivity (Wildman–Crippen MR) is 112 cm³/mol. The van der Waals surface area contributed by atoms with Gasteiger partial charge < -0.3 is 19.7 Å². The van der Waals surface area contributed by atoms with Gasteiger partial charge in [0, 0.05) is 30.8 Å². The van der Waals surface area contributed by atoms with Crippen molar-refractivity contribution in [2.45, 2.75) is 33.2 Å². The SMILES string of the molecule is CCOc1ccc(C(=O)NCc2cccc(C(=O)N3CCCC3)c2)cc1OCC. The third-order valence-corrected chi connectivity index (χ3v) is 4.83. The molecule has 0 radical (unpaired) electrons. The molecule has 1 saturated heterocycles. The molecule has 2 aromatic rings. The summed E-state index contributed by atoms with van der Waals surface area (Å²) >= 11 is 0. The lowest BCUT2D eigenvalue weighted by atomic mass is 10.1. The number of hydrogen-bond acceptors (Lipinski definition) is 4. The molecule has 3 rings (SSSR count). The number of likely N-dealkylation sites (tertiary alicyclic amines) is 1. The van der Waals surface area contributed by atoms with Crippen molar-refractivity contribution in [2.24, 2.45) is 0 Å². The molecule has 29 heavy (non-hydrogen) atoms. The number of nitrogens with one attached hydrogen (secondary N) is 1. The second-order valence-electron chi connectivity index (χ2n) is 6.91. The Kier molecular flexibility index (Phi) is 7.11. The van der Waals surface area contributed by atoms with Crippen molar-refractivity contribution in [3.05, 3.63) is 59.2 Å². The van der Waals surface area contributed by atoms with Crippen molar-refractivity contribution in [2.75, 3.05) is 26.3 Å². The molecule has 1 heterocycles. The number of carbonyl (C=O) groups excluding carboxylic acids is 2. The Balaban J connectivity index is 1.65. The molecule has 1 fully saturated rings. The molecular weight excluding hydrogens is 368 g/mol. The third kappa shape index (κ3) is 5.28. The van der Waals surface area contributed by atoms with E-state index in [1.165, 1.54) is 0 Å². The Morgan fingerprint density at radius 1 is 0.931 bits per heavy atom. The van der Waals surface area contributed by atoms with Crippen LogP contribution in [-0.4, -0.2) is 43.0 Å². The summed E-state index contributed by atoms with van der Waals surface area (Å²) in [4.78, 5) is 27.0. The molecule has 0 atom stereocenters. The quantitative estimate of drug-likeness (QED) is 0.740. The summed E-state index contributed by atoms with van der Waals surface area (Å²) in [6, 6.07) is 12.6. The molecule has 0 saturated carbocycles. The van der Waals surface area contributed by atoms with E-state index in [0.29, 0.717) is 42.4 Å². The zero-order valence-corrected chi connectivity index (χ0v) is 17.1. The Morgan fingerprint density at radius 3 is 2.38 bits per heavy atom. The maximum atomic E-state index is 12.6. The van der Waals surface area contributed by atoms with Gasteiger partial charge in [-0.1, -0.05) is 12.1 Å². The largest absolute Gasteiger partial charge is 0.490 e. The second kappa shape index (κ2) is 9.96. The van der Waals surface area contributed by atoms with Gasteiger partial charge in [0.1, 0.15) is 0 Å². The van der Waals surface area contributed by atoms with E-state index < -0.39 is 0 Å². The maximum absolute atomic E-state index is 12.6. The van der Waals surface area contributed by atoms with Crippen LogP contribution < -0.4 is 14.8 Å². The van der Waals surface area contributed by atoms with E-state index in [2.05, 4.69) is 5.32 Å². The smallest absolute Gasteiger partial charge is 0.253 e. The lowest BCUT2D eigenvalue weighted by molar-refractivity contribution is 0.0792. The van der Waals surface area contributed by atoms with Gasteiger partial charge in [-0.3, -0.25) is 9.59 Å². The van der Waals surface area contributed by atoms with Gasteiger partial charge >= 0.3 is 0 Å². The zero-order chi connectivity index (χ0) is 20.6. The number of carbonyl (C=O) groups is 2. The minimum Gasteiger partial charge on any atom is -0.490 e. The van der Waals surface area contributed by atoms with Gasteiger partial charge in [-0.05, 0) is 62.6 Å². The summed E-state index contributed by atoms with van der Waals surface area (Å²) in [6.45, 7) is 6.79. The van der Waals surface area contributed by atoms with Crippen LogP contribution in [0.2, 0.25) is 0 Å². The van der Waals surface area contributed by atoms with E-state index in [9.17, 15) is 9.59 Å². The van der Waals surface area contributed by atoms with E-state index >= 15 is 0 Å². The van der Waals surface area contributed by atoms with Crippen LogP contribution >= 0.6 is 0 Å². The molecule has 154 valence electrons. The molecule has 0 bridgehead atoms. The average molecular weight is 396 g/mol. The minimum absolute atomic E-state index is 0.0588. The summed E-state index contributed by atoms with van der Waals surface area (Å²) in [6.07, 6.45) is 2.13. The Morgan fingerprint density at radius 2 is 1.66 bits per heavy atom. The van der Waals surface area contributed by atoms with Gasteiger partial charge in [0.05, 0.1) is 13.2 Å². The summed E-state index contributed by atoms with van der Waals surface area (Å²) in [7, 11) is 0. The summed E-state index contributed by atoms with van der Waals surface area (Å²) in [5, 5.41) is 2.91. The monoisotopic (exact) mass is 396 g/mol. The molecule has 0 spiro atoms. The number of ether oxygens (including phenoxy) is 2. The normalized spacial score (nSPS) is 13.2. The number of benzene rings is 2. The minimum atomic E-state index is -0.203. The van der Waals surface area contributed by atoms with Gasteiger partial charge in [-0.25, -0.2) is 0 Å². The van der Waals surface area contributed by atoms with Crippen molar-refractivity contribution >= 4 is 11.8 Å². The van der Waals surface area contributed by atoms with Gasteiger partial charge in [-0.15, -0.1) is 0 Å². The van der Waals surface area contributed by atoms with E-state index in [0.717, 1.165) is 31.5 Å². The molecule has 0 unspecified atom stereocenters. The fourth-order valence-corrected chi connectivity index (χ4v) is 3.39. The van der Waals surface area contributed by atoms with E-state index in [-0.39, 0.29) is 11.8 Å². The molecule has 0 aromatic heterocycles. The number of hydrogen-bond donors (Lipinski definition) is 1. The third-order valence-electron chi connectivity index (χ3n) is 4.83. The lowest BCUT2D eigenvalue weighted by Crippen LogP contribution is -2.28. The van der Waals surface area contributed by atoms with Crippen molar-refractivity contribution < 1.29 is 19.1 Å². The van der Waals surface area contributed by atoms with E-state index in [4.69, 9.17) is 9.47 Å². The van der Waals surface area contributed by atoms with Crippen molar-refractivity contribution in [1.29, 1.82) is 0 Å². The van der Waals surface area contributed by atoms with Crippen LogP contribution in [0.1, 0.15) is 53.0 Å². The van der Waals surface area contributed by atoms with Crippen LogP contribution in [0, 0.1) is 0 Å². The highest BCUT2D eigenvalue weighted by atomic mass is 16.5. The van der Waals surface area contributed by atoms with Crippen LogP contribution in [0.15, 0.2) is 42.5 Å². The standard InChI is InChI=1S/C23H28N2O4/c1-3-28-20-11-10-18(15-21(20)29-4-2)22(26)24-16-17-8-7-9-19(14-17)23(27)25-12-5-6-13-25/h7-11,14-15H,3-6,12-13,16H2,1-2H3,(H,24,26). The molecule has 1 aliphatic heterocycles. The molecule has 6 nitrogen and oxygen atoms in total. The topological polar surface area (TPSA) is 67.9 Å². The van der Waals surface area contributed by atoms with Crippen molar-refractivity contribution in [3.63, 3.8) is 0 Å². The zero-order valence-electron chi connectivity index (χ0n) is 17.1. The first-order valence-electron chi connectivity index (χ1n) is 10.2. The number of amides is 2. The van der Waals surface area contributed by atoms with Crippen LogP contribution in [0.3, 0.4) is 0 Å². The molecule has 1 N–H and O–H groups in total. The lowest BCUT2D eigenvalue weighted by Gasteiger charge is -2.16. The van der Waals surface area contributed by atoms with Gasteiger partial charge in [0.2, 0.25) is 0 Å². The van der Waals surface area contributed by atoms with Crippen LogP contribution in [-0.2, 0) is 6.54 Å². The maximum Gasteiger partial charge on any atom is 0.253 e. The average Bonchev–Trinajstić information content (AvgIpc) is 3.28. The van der Waals surface area contributed by atoms with Crippen molar-refractivity contribution in [3.8, 4) is 11.5 Å². The molecular formula is C23H28N2O4. The fraction of sp³-hybridized carbons (Fsp3) is 0.391. The summed E-state index contributed by atoms with van der Waals surface area (Å²) in [5.41, 5.74) is 2.05. The first-order valence-corrected chi connectivity index (χ1v) is 10.2. The highest BCUT2D eigenvalue weighted by Gasteiger charge is 2.19. The van der Waals surface area contributed by atoms with Crippen LogP contribution in [0.4, 0.5) is 0 Å². The Hall–Kier alpha value is -3.02. The van der Waals surface area contributed by atoms with Crippen LogP contribution in [0.5, 0.6) is 11.5 Å². The van der Waals surface area contributed by atoms with Crippen molar-refractivity contribution in [1.82, 2.24) is 10.2 Å². The summed E-state index contributed by atoms with van der Waals surface area (Å²) in [5.74, 6) is 1.04. The molecule has 2 aromatic carbocycles. The fourth-order valence-electron chi connectivity index (χ4n) is 3.39. The van der Waals surface area contributed by atoms with Crippen LogP contribution in [0.25, 0.3) is 0 Å². The first-order chi connectivity index (χ1) is 14.1. The molecule has 6 heteroatoms. The van der Waals surface area contributed by atoms with Gasteiger partial charge in [-0.2, -0.15) is 0 Å². The number of nitrogens with zero attached hydrogens (tertiary/aromatic N) is 1. The van der Waals surface area contributed by atoms with E-state index in [1.54, 1.807) is 18.2 Å². The Labute approximate surface area is 171 Å². The highest BCUT2D eigenvalue weighted by Crippen LogP contribution is 2.28. The molecule has 0 aliphatic carbocycles.